The van der Waals surface area contributed by atoms with Gasteiger partial charge in [0, 0.05) is 16.4 Å². The van der Waals surface area contributed by atoms with Crippen LogP contribution in [0.15, 0.2) is 41.1 Å². The van der Waals surface area contributed by atoms with Crippen molar-refractivity contribution in [2.45, 2.75) is 13.0 Å². The Morgan fingerprint density at radius 3 is 2.85 bits per heavy atom. The number of halogens is 1. The molecule has 0 radical (unpaired) electrons. The fourth-order valence-corrected chi connectivity index (χ4v) is 2.38. The quantitative estimate of drug-likeness (QED) is 0.443. The summed E-state index contributed by atoms with van der Waals surface area (Å²) in [5.41, 5.74) is 11.3. The summed E-state index contributed by atoms with van der Waals surface area (Å²) >= 11 is 3.44. The largest absolute Gasteiger partial charge is 0.492 e. The van der Waals surface area contributed by atoms with Gasteiger partial charge in [0.2, 0.25) is 0 Å². The van der Waals surface area contributed by atoms with E-state index < -0.39 is 0 Å². The molecule has 0 saturated heterocycles. The van der Waals surface area contributed by atoms with Crippen molar-refractivity contribution in [1.82, 2.24) is 10.4 Å². The van der Waals surface area contributed by atoms with Crippen molar-refractivity contribution in [3.8, 4) is 5.75 Å². The molecule has 5 nitrogen and oxygen atoms in total. The second-order valence-electron chi connectivity index (χ2n) is 4.26. The van der Waals surface area contributed by atoms with Crippen molar-refractivity contribution in [3.05, 3.63) is 52.3 Å². The lowest BCUT2D eigenvalue weighted by molar-refractivity contribution is 0.338. The van der Waals surface area contributed by atoms with E-state index in [0.29, 0.717) is 18.0 Å². The second kappa shape index (κ2) is 6.69. The molecule has 2 aromatic rings. The average molecular weight is 337 g/mol. The molecule has 0 aliphatic carbocycles. The van der Waals surface area contributed by atoms with Crippen molar-refractivity contribution in [3.63, 3.8) is 0 Å². The third kappa shape index (κ3) is 3.27. The van der Waals surface area contributed by atoms with Gasteiger partial charge in [-0.1, -0.05) is 15.9 Å². The molecule has 6 heteroatoms. The van der Waals surface area contributed by atoms with Crippen LogP contribution in [-0.4, -0.2) is 11.6 Å². The Hall–Kier alpha value is -1.63. The van der Waals surface area contributed by atoms with Crippen LogP contribution in [0.5, 0.6) is 5.75 Å². The summed E-state index contributed by atoms with van der Waals surface area (Å²) in [4.78, 5) is 4.18. The first-order valence-corrected chi connectivity index (χ1v) is 7.03. The first kappa shape index (κ1) is 14.8. The van der Waals surface area contributed by atoms with E-state index in [1.54, 1.807) is 12.4 Å². The van der Waals surface area contributed by atoms with Gasteiger partial charge in [-0.2, -0.15) is 0 Å². The molecule has 20 heavy (non-hydrogen) atoms. The van der Waals surface area contributed by atoms with Crippen molar-refractivity contribution in [1.29, 1.82) is 0 Å². The average Bonchev–Trinajstić information content (AvgIpc) is 2.44. The van der Waals surface area contributed by atoms with Crippen LogP contribution in [-0.2, 0) is 0 Å². The molecule has 1 unspecified atom stereocenters. The van der Waals surface area contributed by atoms with Crippen molar-refractivity contribution < 1.29 is 4.74 Å². The molecule has 0 bridgehead atoms. The standard InChI is InChI=1S/C14H17BrN4O/c1-2-20-11-5-9(7-18-8-11)14(19-17)12-6-10(15)3-4-13(12)16/h3-8,14,19H,2,16-17H2,1H3. The second-order valence-corrected chi connectivity index (χ2v) is 5.18. The SMILES string of the molecule is CCOc1cncc(C(NN)c2cc(Br)ccc2N)c1. The highest BCUT2D eigenvalue weighted by atomic mass is 79.9. The van der Waals surface area contributed by atoms with E-state index in [4.69, 9.17) is 16.3 Å². The highest BCUT2D eigenvalue weighted by Gasteiger charge is 2.16. The molecule has 0 amide bonds. The molecule has 5 N–H and O–H groups in total. The maximum Gasteiger partial charge on any atom is 0.137 e. The lowest BCUT2D eigenvalue weighted by Gasteiger charge is -2.19. The molecule has 2 rings (SSSR count). The summed E-state index contributed by atoms with van der Waals surface area (Å²) in [5.74, 6) is 6.40. The van der Waals surface area contributed by atoms with Crippen molar-refractivity contribution in [2.75, 3.05) is 12.3 Å². The number of ether oxygens (including phenoxy) is 1. The lowest BCUT2D eigenvalue weighted by atomic mass is 9.99. The monoisotopic (exact) mass is 336 g/mol. The van der Waals surface area contributed by atoms with E-state index in [1.165, 1.54) is 0 Å². The number of nitrogens with zero attached hydrogens (tertiary/aromatic N) is 1. The number of pyridine rings is 1. The van der Waals surface area contributed by atoms with Gasteiger partial charge in [0.15, 0.2) is 0 Å². The highest BCUT2D eigenvalue weighted by molar-refractivity contribution is 9.10. The zero-order chi connectivity index (χ0) is 14.5. The number of hydrogen-bond acceptors (Lipinski definition) is 5. The Bertz CT molecular complexity index is 591. The first-order valence-electron chi connectivity index (χ1n) is 6.24. The summed E-state index contributed by atoms with van der Waals surface area (Å²) in [6.45, 7) is 2.52. The third-order valence-corrected chi connectivity index (χ3v) is 3.40. The minimum Gasteiger partial charge on any atom is -0.492 e. The molecule has 106 valence electrons. The molecule has 0 spiro atoms. The Balaban J connectivity index is 2.41. The third-order valence-electron chi connectivity index (χ3n) is 2.91. The number of hydrogen-bond donors (Lipinski definition) is 3. The van der Waals surface area contributed by atoms with E-state index in [2.05, 4.69) is 26.3 Å². The summed E-state index contributed by atoms with van der Waals surface area (Å²) < 4.78 is 6.40. The van der Waals surface area contributed by atoms with Gasteiger partial charge in [0.25, 0.3) is 0 Å². The number of nitrogens with one attached hydrogen (secondary N) is 1. The van der Waals surface area contributed by atoms with Crippen molar-refractivity contribution in [2.24, 2.45) is 5.84 Å². The molecule has 0 fully saturated rings. The molecule has 1 aromatic heterocycles. The first-order chi connectivity index (χ1) is 9.65. The molecular weight excluding hydrogens is 320 g/mol. The predicted octanol–water partition coefficient (Wildman–Crippen LogP) is 2.38. The Labute approximate surface area is 126 Å². The van der Waals surface area contributed by atoms with Crippen LogP contribution in [0.1, 0.15) is 24.1 Å². The highest BCUT2D eigenvalue weighted by Crippen LogP contribution is 2.29. The summed E-state index contributed by atoms with van der Waals surface area (Å²) in [5, 5.41) is 0. The summed E-state index contributed by atoms with van der Waals surface area (Å²) in [6, 6.07) is 7.32. The van der Waals surface area contributed by atoms with Gasteiger partial charge in [0.05, 0.1) is 18.8 Å². The van der Waals surface area contributed by atoms with Gasteiger partial charge in [0.1, 0.15) is 5.75 Å². The molecule has 1 aromatic carbocycles. The predicted molar refractivity (Wildman–Crippen MR) is 83.1 cm³/mol. The topological polar surface area (TPSA) is 86.2 Å². The minimum absolute atomic E-state index is 0.250. The Morgan fingerprint density at radius 1 is 1.35 bits per heavy atom. The zero-order valence-electron chi connectivity index (χ0n) is 11.1. The Kier molecular flexibility index (Phi) is 4.94. The van der Waals surface area contributed by atoms with E-state index >= 15 is 0 Å². The number of aromatic nitrogens is 1. The van der Waals surface area contributed by atoms with Gasteiger partial charge in [-0.15, -0.1) is 0 Å². The molecular formula is C14H17BrN4O. The number of nitrogens with two attached hydrogens (primary N) is 2. The van der Waals surface area contributed by atoms with Crippen LogP contribution in [0.3, 0.4) is 0 Å². The van der Waals surface area contributed by atoms with Gasteiger partial charge in [-0.25, -0.2) is 5.43 Å². The maximum atomic E-state index is 6.03. The van der Waals surface area contributed by atoms with Crippen LogP contribution >= 0.6 is 15.9 Å². The Morgan fingerprint density at radius 2 is 2.15 bits per heavy atom. The molecule has 0 saturated carbocycles. The smallest absolute Gasteiger partial charge is 0.137 e. The van der Waals surface area contributed by atoms with Crippen LogP contribution in [0.2, 0.25) is 0 Å². The zero-order valence-corrected chi connectivity index (χ0v) is 12.7. The number of nitrogen functional groups attached to an aromatic ring is 1. The van der Waals surface area contributed by atoms with E-state index in [9.17, 15) is 0 Å². The fraction of sp³-hybridized carbons (Fsp3) is 0.214. The van der Waals surface area contributed by atoms with E-state index in [0.717, 1.165) is 15.6 Å². The molecule has 0 aliphatic heterocycles. The van der Waals surface area contributed by atoms with Gasteiger partial charge < -0.3 is 10.5 Å². The van der Waals surface area contributed by atoms with Crippen molar-refractivity contribution >= 4 is 21.6 Å². The summed E-state index contributed by atoms with van der Waals surface area (Å²) in [7, 11) is 0. The van der Waals surface area contributed by atoms with Crippen LogP contribution in [0, 0.1) is 0 Å². The fourth-order valence-electron chi connectivity index (χ4n) is 2.00. The van der Waals surface area contributed by atoms with Gasteiger partial charge in [-0.05, 0) is 42.3 Å². The van der Waals surface area contributed by atoms with Crippen LogP contribution < -0.4 is 21.7 Å². The van der Waals surface area contributed by atoms with Gasteiger partial charge >= 0.3 is 0 Å². The molecule has 1 heterocycles. The normalized spacial score (nSPS) is 12.2. The number of benzene rings is 1. The van der Waals surface area contributed by atoms with E-state index in [1.807, 2.05) is 31.2 Å². The molecule has 0 aliphatic rings. The number of rotatable bonds is 5. The molecule has 1 atom stereocenters. The van der Waals surface area contributed by atoms with E-state index in [-0.39, 0.29) is 6.04 Å². The number of anilines is 1. The minimum atomic E-state index is -0.250. The summed E-state index contributed by atoms with van der Waals surface area (Å²) in [6.07, 6.45) is 3.41. The maximum absolute atomic E-state index is 6.03. The van der Waals surface area contributed by atoms with Gasteiger partial charge in [-0.3, -0.25) is 10.8 Å². The lowest BCUT2D eigenvalue weighted by Crippen LogP contribution is -2.29. The van der Waals surface area contributed by atoms with Crippen LogP contribution in [0.25, 0.3) is 0 Å². The number of hydrazine groups is 1. The van der Waals surface area contributed by atoms with Crippen LogP contribution in [0.4, 0.5) is 5.69 Å².